The molecule has 198 valence electrons. The standard InChI is InChI=1S/C25H32O11/c1-31-14-6-5-11(7-16(14)33-3)23-13(27)8-12-15(32-2)9-17(34-4)19(24(12)36-23)25-22(30)21(29)20(28)18(10-26)35-25/h5-7,9,13,18,20-23,25-30H,8,10H2,1-4H3/t13-,18-,20-,21+,22-,23-,25+/m1/s1. The van der Waals surface area contributed by atoms with E-state index in [-0.39, 0.29) is 23.5 Å². The first-order valence-electron chi connectivity index (χ1n) is 11.4. The normalized spacial score (nSPS) is 29.6. The molecule has 0 aliphatic carbocycles. The van der Waals surface area contributed by atoms with Gasteiger partial charge in [0.1, 0.15) is 53.9 Å². The van der Waals surface area contributed by atoms with Crippen LogP contribution < -0.4 is 23.7 Å². The van der Waals surface area contributed by atoms with E-state index in [0.717, 1.165) is 0 Å². The van der Waals surface area contributed by atoms with Crippen molar-refractivity contribution < 1.29 is 54.0 Å². The molecular weight excluding hydrogens is 476 g/mol. The largest absolute Gasteiger partial charge is 0.496 e. The molecule has 1 saturated heterocycles. The van der Waals surface area contributed by atoms with E-state index in [2.05, 4.69) is 0 Å². The highest BCUT2D eigenvalue weighted by Crippen LogP contribution is 2.51. The molecule has 0 radical (unpaired) electrons. The van der Waals surface area contributed by atoms with Crippen LogP contribution in [0.25, 0.3) is 0 Å². The number of aliphatic hydroxyl groups is 5. The summed E-state index contributed by atoms with van der Waals surface area (Å²) in [6.07, 6.45) is -8.74. The van der Waals surface area contributed by atoms with Crippen LogP contribution in [0.2, 0.25) is 0 Å². The van der Waals surface area contributed by atoms with Crippen LogP contribution in [-0.4, -0.2) is 91.1 Å². The highest BCUT2D eigenvalue weighted by molar-refractivity contribution is 5.60. The number of rotatable bonds is 7. The molecule has 2 aromatic carbocycles. The first-order chi connectivity index (χ1) is 17.3. The Hall–Kier alpha value is -2.80. The lowest BCUT2D eigenvalue weighted by Gasteiger charge is -2.42. The van der Waals surface area contributed by atoms with Gasteiger partial charge in [0.15, 0.2) is 11.5 Å². The van der Waals surface area contributed by atoms with Crippen LogP contribution in [-0.2, 0) is 11.2 Å². The number of ether oxygens (including phenoxy) is 6. The lowest BCUT2D eigenvalue weighted by atomic mass is 9.86. The second kappa shape index (κ2) is 10.7. The average Bonchev–Trinajstić information content (AvgIpc) is 2.90. The molecule has 0 bridgehead atoms. The minimum atomic E-state index is -1.60. The third kappa shape index (κ3) is 4.42. The number of aliphatic hydroxyl groups excluding tert-OH is 5. The van der Waals surface area contributed by atoms with Crippen molar-refractivity contribution in [1.29, 1.82) is 0 Å². The molecule has 2 aromatic rings. The Bertz CT molecular complexity index is 1070. The molecule has 7 atom stereocenters. The van der Waals surface area contributed by atoms with Gasteiger partial charge in [-0.2, -0.15) is 0 Å². The lowest BCUT2D eigenvalue weighted by molar-refractivity contribution is -0.232. The van der Waals surface area contributed by atoms with Crippen LogP contribution in [0.4, 0.5) is 0 Å². The summed E-state index contributed by atoms with van der Waals surface area (Å²) in [6.45, 7) is -0.587. The van der Waals surface area contributed by atoms with Crippen molar-refractivity contribution >= 4 is 0 Å². The molecule has 0 aromatic heterocycles. The van der Waals surface area contributed by atoms with Crippen LogP contribution in [0.15, 0.2) is 24.3 Å². The summed E-state index contributed by atoms with van der Waals surface area (Å²) in [5, 5.41) is 52.2. The van der Waals surface area contributed by atoms with Gasteiger partial charge in [-0.05, 0) is 17.7 Å². The summed E-state index contributed by atoms with van der Waals surface area (Å²) in [4.78, 5) is 0. The van der Waals surface area contributed by atoms with Crippen molar-refractivity contribution in [2.24, 2.45) is 0 Å². The molecule has 1 fully saturated rings. The van der Waals surface area contributed by atoms with Crippen molar-refractivity contribution in [3.8, 4) is 28.7 Å². The Morgan fingerprint density at radius 3 is 2.06 bits per heavy atom. The van der Waals surface area contributed by atoms with Gasteiger partial charge in [-0.1, -0.05) is 6.07 Å². The molecule has 2 aliphatic heterocycles. The van der Waals surface area contributed by atoms with Crippen molar-refractivity contribution in [3.05, 3.63) is 41.0 Å². The van der Waals surface area contributed by atoms with Gasteiger partial charge in [0, 0.05) is 18.1 Å². The Kier molecular flexibility index (Phi) is 7.79. The van der Waals surface area contributed by atoms with Gasteiger partial charge in [-0.3, -0.25) is 0 Å². The molecule has 0 unspecified atom stereocenters. The number of fused-ring (bicyclic) bond motifs is 1. The van der Waals surface area contributed by atoms with Crippen LogP contribution >= 0.6 is 0 Å². The molecule has 36 heavy (non-hydrogen) atoms. The Morgan fingerprint density at radius 2 is 1.44 bits per heavy atom. The number of hydrogen-bond acceptors (Lipinski definition) is 11. The fourth-order valence-corrected chi connectivity index (χ4v) is 4.80. The van der Waals surface area contributed by atoms with Crippen LogP contribution in [0.3, 0.4) is 0 Å². The van der Waals surface area contributed by atoms with Gasteiger partial charge in [0.2, 0.25) is 0 Å². The summed E-state index contributed by atoms with van der Waals surface area (Å²) in [7, 11) is 5.90. The Labute approximate surface area is 208 Å². The van der Waals surface area contributed by atoms with Gasteiger partial charge in [-0.25, -0.2) is 0 Å². The van der Waals surface area contributed by atoms with E-state index in [1.54, 1.807) is 24.3 Å². The van der Waals surface area contributed by atoms with Gasteiger partial charge in [0.25, 0.3) is 0 Å². The molecule has 0 spiro atoms. The van der Waals surface area contributed by atoms with Crippen molar-refractivity contribution in [3.63, 3.8) is 0 Å². The molecule has 4 rings (SSSR count). The summed E-state index contributed by atoms with van der Waals surface area (Å²) in [5.74, 6) is 1.82. The van der Waals surface area contributed by atoms with E-state index in [1.807, 2.05) is 0 Å². The summed E-state index contributed by atoms with van der Waals surface area (Å²) >= 11 is 0. The minimum Gasteiger partial charge on any atom is -0.496 e. The molecular formula is C25H32O11. The van der Waals surface area contributed by atoms with E-state index in [9.17, 15) is 25.5 Å². The maximum absolute atomic E-state index is 11.0. The second-order valence-corrected chi connectivity index (χ2v) is 8.68. The van der Waals surface area contributed by atoms with E-state index in [1.165, 1.54) is 28.4 Å². The predicted molar refractivity (Wildman–Crippen MR) is 125 cm³/mol. The molecule has 11 heteroatoms. The lowest BCUT2D eigenvalue weighted by Crippen LogP contribution is -2.55. The quantitative estimate of drug-likeness (QED) is 0.350. The number of methoxy groups -OCH3 is 4. The monoisotopic (exact) mass is 508 g/mol. The smallest absolute Gasteiger partial charge is 0.161 e. The molecule has 2 aliphatic rings. The van der Waals surface area contributed by atoms with Gasteiger partial charge < -0.3 is 54.0 Å². The maximum Gasteiger partial charge on any atom is 0.161 e. The maximum atomic E-state index is 11.0. The highest BCUT2D eigenvalue weighted by Gasteiger charge is 2.47. The molecule has 5 N–H and O–H groups in total. The van der Waals surface area contributed by atoms with Crippen molar-refractivity contribution in [2.45, 2.75) is 49.1 Å². The predicted octanol–water partition coefficient (Wildman–Crippen LogP) is 0.273. The molecule has 11 nitrogen and oxygen atoms in total. The molecule has 0 saturated carbocycles. The van der Waals surface area contributed by atoms with Crippen LogP contribution in [0, 0.1) is 0 Å². The topological polar surface area (TPSA) is 157 Å². The molecule has 2 heterocycles. The summed E-state index contributed by atoms with van der Waals surface area (Å²) < 4.78 is 34.0. The van der Waals surface area contributed by atoms with Gasteiger partial charge >= 0.3 is 0 Å². The number of benzene rings is 2. The van der Waals surface area contributed by atoms with E-state index in [4.69, 9.17) is 28.4 Å². The van der Waals surface area contributed by atoms with E-state index >= 15 is 0 Å². The molecule has 0 amide bonds. The zero-order valence-electron chi connectivity index (χ0n) is 20.5. The van der Waals surface area contributed by atoms with Crippen molar-refractivity contribution in [2.75, 3.05) is 35.0 Å². The third-order valence-corrected chi connectivity index (χ3v) is 6.70. The van der Waals surface area contributed by atoms with E-state index in [0.29, 0.717) is 28.4 Å². The first kappa shape index (κ1) is 26.3. The van der Waals surface area contributed by atoms with Gasteiger partial charge in [0.05, 0.1) is 46.7 Å². The van der Waals surface area contributed by atoms with Crippen LogP contribution in [0.5, 0.6) is 28.7 Å². The fourth-order valence-electron chi connectivity index (χ4n) is 4.80. The van der Waals surface area contributed by atoms with Crippen LogP contribution in [0.1, 0.15) is 28.9 Å². The second-order valence-electron chi connectivity index (χ2n) is 8.68. The zero-order chi connectivity index (χ0) is 26.1. The fraction of sp³-hybridized carbons (Fsp3) is 0.520. The van der Waals surface area contributed by atoms with E-state index < -0.39 is 49.3 Å². The summed E-state index contributed by atoms with van der Waals surface area (Å²) in [6, 6.07) is 6.71. The first-order valence-corrected chi connectivity index (χ1v) is 11.4. The number of hydrogen-bond donors (Lipinski definition) is 5. The minimum absolute atomic E-state index is 0.131. The SMILES string of the molecule is COc1ccc([C@H]2Oc3c(c(OC)cc(OC)c3[C@@H]3O[C@H](CO)[C@@H](O)[C@H](O)[C@H]3O)C[C@H]2O)cc1OC. The van der Waals surface area contributed by atoms with Gasteiger partial charge in [-0.15, -0.1) is 0 Å². The highest BCUT2D eigenvalue weighted by atomic mass is 16.6. The van der Waals surface area contributed by atoms with Crippen molar-refractivity contribution in [1.82, 2.24) is 0 Å². The average molecular weight is 509 g/mol. The summed E-state index contributed by atoms with van der Waals surface area (Å²) in [5.41, 5.74) is 1.37. The zero-order valence-corrected chi connectivity index (χ0v) is 20.5. The Morgan fingerprint density at radius 1 is 0.778 bits per heavy atom. The Balaban J connectivity index is 1.84. The third-order valence-electron chi connectivity index (χ3n) is 6.70.